The minimum absolute atomic E-state index is 0.00671. The molecule has 150 valence electrons. The van der Waals surface area contributed by atoms with Crippen molar-refractivity contribution in [3.63, 3.8) is 0 Å². The van der Waals surface area contributed by atoms with E-state index in [2.05, 4.69) is 4.72 Å². The van der Waals surface area contributed by atoms with E-state index in [9.17, 15) is 17.6 Å². The average molecular weight is 406 g/mol. The molecule has 0 bridgehead atoms. The number of benzene rings is 2. The van der Waals surface area contributed by atoms with E-state index >= 15 is 0 Å². The summed E-state index contributed by atoms with van der Waals surface area (Å²) in [5.41, 5.74) is 2.00. The van der Waals surface area contributed by atoms with Gasteiger partial charge in [0.15, 0.2) is 0 Å². The van der Waals surface area contributed by atoms with Gasteiger partial charge >= 0.3 is 0 Å². The first-order chi connectivity index (χ1) is 13.2. The molecular weight excluding hydrogens is 383 g/mol. The molecule has 1 heterocycles. The minimum Gasteiger partial charge on any atom is -0.495 e. The Morgan fingerprint density at radius 2 is 1.96 bits per heavy atom. The Morgan fingerprint density at radius 1 is 1.21 bits per heavy atom. The van der Waals surface area contributed by atoms with Gasteiger partial charge in [0.1, 0.15) is 16.5 Å². The van der Waals surface area contributed by atoms with E-state index in [0.717, 1.165) is 30.5 Å². The van der Waals surface area contributed by atoms with E-state index in [1.165, 1.54) is 13.2 Å². The Morgan fingerprint density at radius 3 is 2.64 bits per heavy atom. The van der Waals surface area contributed by atoms with Crippen LogP contribution in [-0.4, -0.2) is 28.0 Å². The van der Waals surface area contributed by atoms with E-state index in [4.69, 9.17) is 4.74 Å². The van der Waals surface area contributed by atoms with E-state index in [-0.39, 0.29) is 22.5 Å². The molecule has 0 saturated carbocycles. The SMILES string of the molecule is COc1ccc(F)cc1S(=O)(=O)Nc1ccc2c(c1)N(C(=O)C(C)C)CCC2. The fourth-order valence-electron chi connectivity index (χ4n) is 3.25. The zero-order valence-corrected chi connectivity index (χ0v) is 16.8. The minimum atomic E-state index is -4.08. The van der Waals surface area contributed by atoms with Crippen LogP contribution >= 0.6 is 0 Å². The average Bonchev–Trinajstić information content (AvgIpc) is 2.66. The normalized spacial score (nSPS) is 14.0. The molecule has 0 fully saturated rings. The number of methoxy groups -OCH3 is 1. The molecular formula is C20H23FN2O4S. The van der Waals surface area contributed by atoms with Crippen LogP contribution in [0, 0.1) is 11.7 Å². The number of fused-ring (bicyclic) bond motifs is 1. The van der Waals surface area contributed by atoms with Crippen molar-refractivity contribution < 1.29 is 22.3 Å². The number of aryl methyl sites for hydroxylation is 1. The fraction of sp³-hybridized carbons (Fsp3) is 0.350. The summed E-state index contributed by atoms with van der Waals surface area (Å²) in [6, 6.07) is 8.42. The molecule has 3 rings (SSSR count). The zero-order valence-electron chi connectivity index (χ0n) is 16.0. The summed E-state index contributed by atoms with van der Waals surface area (Å²) in [5.74, 6) is -0.806. The summed E-state index contributed by atoms with van der Waals surface area (Å²) in [6.45, 7) is 4.26. The van der Waals surface area contributed by atoms with Crippen LogP contribution in [0.5, 0.6) is 5.75 Å². The van der Waals surface area contributed by atoms with Gasteiger partial charge in [0, 0.05) is 18.2 Å². The van der Waals surface area contributed by atoms with E-state index < -0.39 is 15.8 Å². The third kappa shape index (κ3) is 3.96. The lowest BCUT2D eigenvalue weighted by atomic mass is 9.99. The van der Waals surface area contributed by atoms with Crippen molar-refractivity contribution in [2.24, 2.45) is 5.92 Å². The summed E-state index contributed by atoms with van der Waals surface area (Å²) in [4.78, 5) is 13.9. The highest BCUT2D eigenvalue weighted by molar-refractivity contribution is 7.92. The second-order valence-corrected chi connectivity index (χ2v) is 8.64. The van der Waals surface area contributed by atoms with Crippen LogP contribution in [0.1, 0.15) is 25.8 Å². The van der Waals surface area contributed by atoms with Crippen LogP contribution in [0.15, 0.2) is 41.3 Å². The van der Waals surface area contributed by atoms with Gasteiger partial charge in [-0.3, -0.25) is 9.52 Å². The van der Waals surface area contributed by atoms with Crippen LogP contribution in [-0.2, 0) is 21.2 Å². The number of hydrogen-bond acceptors (Lipinski definition) is 4. The van der Waals surface area contributed by atoms with Gasteiger partial charge in [-0.2, -0.15) is 0 Å². The van der Waals surface area contributed by atoms with E-state index in [1.807, 2.05) is 19.9 Å². The fourth-order valence-corrected chi connectivity index (χ4v) is 4.48. The van der Waals surface area contributed by atoms with Gasteiger partial charge in [-0.05, 0) is 48.7 Å². The molecule has 28 heavy (non-hydrogen) atoms. The summed E-state index contributed by atoms with van der Waals surface area (Å²) in [5, 5.41) is 0. The van der Waals surface area contributed by atoms with Crippen LogP contribution < -0.4 is 14.4 Å². The van der Waals surface area contributed by atoms with Gasteiger partial charge in [0.2, 0.25) is 5.91 Å². The quantitative estimate of drug-likeness (QED) is 0.824. The highest BCUT2D eigenvalue weighted by Gasteiger charge is 2.26. The number of nitrogens with one attached hydrogen (secondary N) is 1. The van der Waals surface area contributed by atoms with Crippen molar-refractivity contribution in [3.05, 3.63) is 47.8 Å². The monoisotopic (exact) mass is 406 g/mol. The van der Waals surface area contributed by atoms with E-state index in [0.29, 0.717) is 17.9 Å². The van der Waals surface area contributed by atoms with Crippen molar-refractivity contribution in [2.45, 2.75) is 31.6 Å². The Balaban J connectivity index is 1.97. The second-order valence-electron chi connectivity index (χ2n) is 6.99. The summed E-state index contributed by atoms with van der Waals surface area (Å²) >= 11 is 0. The number of halogens is 1. The van der Waals surface area contributed by atoms with Gasteiger partial charge in [0.05, 0.1) is 12.8 Å². The molecule has 0 unspecified atom stereocenters. The van der Waals surface area contributed by atoms with Gasteiger partial charge in [-0.1, -0.05) is 19.9 Å². The number of carbonyl (C=O) groups is 1. The lowest BCUT2D eigenvalue weighted by Gasteiger charge is -2.31. The maximum atomic E-state index is 13.6. The smallest absolute Gasteiger partial charge is 0.265 e. The molecule has 1 N–H and O–H groups in total. The molecule has 1 aliphatic rings. The molecule has 2 aromatic rings. The molecule has 0 aliphatic carbocycles. The molecule has 0 atom stereocenters. The lowest BCUT2D eigenvalue weighted by molar-refractivity contribution is -0.121. The highest BCUT2D eigenvalue weighted by atomic mass is 32.2. The largest absolute Gasteiger partial charge is 0.495 e. The number of hydrogen-bond donors (Lipinski definition) is 1. The van der Waals surface area contributed by atoms with Gasteiger partial charge in [-0.15, -0.1) is 0 Å². The van der Waals surface area contributed by atoms with Crippen molar-refractivity contribution in [2.75, 3.05) is 23.3 Å². The lowest BCUT2D eigenvalue weighted by Crippen LogP contribution is -2.38. The summed E-state index contributed by atoms with van der Waals surface area (Å²) < 4.78 is 46.7. The Kier molecular flexibility index (Phi) is 5.60. The maximum absolute atomic E-state index is 13.6. The number of sulfonamides is 1. The third-order valence-electron chi connectivity index (χ3n) is 4.63. The number of anilines is 2. The standard InChI is InChI=1S/C20H23FN2O4S/c1-13(2)20(24)23-10-4-5-14-6-8-16(12-17(14)23)22-28(25,26)19-11-15(21)7-9-18(19)27-3/h6-9,11-13,22H,4-5,10H2,1-3H3. The summed E-state index contributed by atoms with van der Waals surface area (Å²) in [6.07, 6.45) is 1.68. The van der Waals surface area contributed by atoms with Crippen molar-refractivity contribution in [3.8, 4) is 5.75 Å². The molecule has 1 amide bonds. The summed E-state index contributed by atoms with van der Waals surface area (Å²) in [7, 11) is -2.76. The molecule has 1 aliphatic heterocycles. The van der Waals surface area contributed by atoms with Gasteiger partial charge < -0.3 is 9.64 Å². The Bertz CT molecular complexity index is 1010. The predicted molar refractivity (Wildman–Crippen MR) is 106 cm³/mol. The first-order valence-corrected chi connectivity index (χ1v) is 10.5. The third-order valence-corrected chi connectivity index (χ3v) is 6.03. The second kappa shape index (κ2) is 7.79. The molecule has 0 radical (unpaired) electrons. The van der Waals surface area contributed by atoms with Gasteiger partial charge in [0.25, 0.3) is 10.0 Å². The molecule has 0 spiro atoms. The van der Waals surface area contributed by atoms with Crippen LogP contribution in [0.3, 0.4) is 0 Å². The Labute approximate surface area is 164 Å². The first kappa shape index (κ1) is 20.1. The molecule has 8 heteroatoms. The maximum Gasteiger partial charge on any atom is 0.265 e. The molecule has 6 nitrogen and oxygen atoms in total. The zero-order chi connectivity index (χ0) is 20.5. The molecule has 2 aromatic carbocycles. The first-order valence-electron chi connectivity index (χ1n) is 9.03. The number of amides is 1. The van der Waals surface area contributed by atoms with Gasteiger partial charge in [-0.25, -0.2) is 12.8 Å². The van der Waals surface area contributed by atoms with Crippen LogP contribution in [0.25, 0.3) is 0 Å². The number of ether oxygens (including phenoxy) is 1. The molecule has 0 aromatic heterocycles. The molecule has 0 saturated heterocycles. The number of carbonyl (C=O) groups excluding carboxylic acids is 1. The van der Waals surface area contributed by atoms with Crippen LogP contribution in [0.4, 0.5) is 15.8 Å². The Hall–Kier alpha value is -2.61. The topological polar surface area (TPSA) is 75.7 Å². The van der Waals surface area contributed by atoms with Crippen molar-refractivity contribution in [1.29, 1.82) is 0 Å². The van der Waals surface area contributed by atoms with Crippen molar-refractivity contribution >= 4 is 27.3 Å². The van der Waals surface area contributed by atoms with Crippen molar-refractivity contribution in [1.82, 2.24) is 0 Å². The highest BCUT2D eigenvalue weighted by Crippen LogP contribution is 2.33. The van der Waals surface area contributed by atoms with E-state index in [1.54, 1.807) is 17.0 Å². The number of nitrogens with zero attached hydrogens (tertiary/aromatic N) is 1. The predicted octanol–water partition coefficient (Wildman–Crippen LogP) is 3.57. The number of rotatable bonds is 5. The van der Waals surface area contributed by atoms with Crippen LogP contribution in [0.2, 0.25) is 0 Å².